The second-order valence-corrected chi connectivity index (χ2v) is 12.8. The van der Waals surface area contributed by atoms with Crippen LogP contribution in [0.25, 0.3) is 0 Å². The summed E-state index contributed by atoms with van der Waals surface area (Å²) in [6, 6.07) is 0. The summed E-state index contributed by atoms with van der Waals surface area (Å²) in [7, 11) is 1.94. The third-order valence-electron chi connectivity index (χ3n) is 11.2. The number of fused-ring (bicyclic) bond motifs is 5. The topological polar surface area (TPSA) is 9.23 Å². The van der Waals surface area contributed by atoms with Crippen molar-refractivity contribution in [2.24, 2.45) is 52.3 Å². The molecule has 4 rings (SSSR count). The van der Waals surface area contributed by atoms with Gasteiger partial charge in [0.2, 0.25) is 0 Å². The minimum Gasteiger partial charge on any atom is -0.381 e. The number of ether oxygens (including phenoxy) is 1. The molecule has 1 heteroatoms. The van der Waals surface area contributed by atoms with Crippen LogP contribution in [0.1, 0.15) is 112 Å². The van der Waals surface area contributed by atoms with E-state index in [9.17, 15) is 0 Å². The molecule has 0 aromatic rings. The fraction of sp³-hybridized carbons (Fsp3) is 1.00. The van der Waals surface area contributed by atoms with Gasteiger partial charge in [-0.05, 0) is 110 Å². The molecule has 0 aliphatic heterocycles. The van der Waals surface area contributed by atoms with Gasteiger partial charge in [-0.15, -0.1) is 0 Å². The van der Waals surface area contributed by atoms with Gasteiger partial charge in [-0.3, -0.25) is 0 Å². The van der Waals surface area contributed by atoms with Gasteiger partial charge in [0, 0.05) is 7.11 Å². The van der Waals surface area contributed by atoms with Crippen molar-refractivity contribution in [1.82, 2.24) is 0 Å². The van der Waals surface area contributed by atoms with Crippen molar-refractivity contribution in [3.05, 3.63) is 0 Å². The third-order valence-corrected chi connectivity index (χ3v) is 11.2. The Morgan fingerprint density at radius 2 is 1.55 bits per heavy atom. The Labute approximate surface area is 182 Å². The van der Waals surface area contributed by atoms with Crippen LogP contribution in [0.15, 0.2) is 0 Å². The minimum absolute atomic E-state index is 0.543. The van der Waals surface area contributed by atoms with E-state index in [-0.39, 0.29) is 0 Å². The molecule has 0 aromatic carbocycles. The first-order valence-corrected chi connectivity index (χ1v) is 13.3. The molecule has 2 unspecified atom stereocenters. The van der Waals surface area contributed by atoms with Crippen molar-refractivity contribution < 1.29 is 4.74 Å². The largest absolute Gasteiger partial charge is 0.381 e. The highest BCUT2D eigenvalue weighted by atomic mass is 16.5. The molecule has 4 aliphatic rings. The van der Waals surface area contributed by atoms with Crippen molar-refractivity contribution in [2.45, 2.75) is 118 Å². The standard InChI is InChI=1S/C28H50O/c1-19(2)8-7-9-20(3)24-12-13-25-23-11-10-21-18-22(29-6)14-16-27(21,4)26(23)15-17-28(24,25)5/h19-26H,7-18H2,1-6H3/t20-,21?,22?,23+,24-,25+,26+,27+,28-/m1/s1. The summed E-state index contributed by atoms with van der Waals surface area (Å²) in [5, 5.41) is 0. The normalized spacial score (nSPS) is 48.1. The minimum atomic E-state index is 0.543. The molecule has 29 heavy (non-hydrogen) atoms. The molecular formula is C28H50O. The zero-order valence-corrected chi connectivity index (χ0v) is 20.5. The lowest BCUT2D eigenvalue weighted by Crippen LogP contribution is -2.54. The van der Waals surface area contributed by atoms with Gasteiger partial charge in [-0.25, -0.2) is 0 Å². The average molecular weight is 403 g/mol. The highest BCUT2D eigenvalue weighted by molar-refractivity contribution is 5.09. The Hall–Kier alpha value is -0.0400. The van der Waals surface area contributed by atoms with Gasteiger partial charge in [0.05, 0.1) is 6.10 Å². The van der Waals surface area contributed by atoms with Crippen molar-refractivity contribution in [3.8, 4) is 0 Å². The number of rotatable bonds is 6. The van der Waals surface area contributed by atoms with E-state index in [1.165, 1.54) is 77.0 Å². The van der Waals surface area contributed by atoms with Crippen LogP contribution in [-0.2, 0) is 4.74 Å². The molecule has 0 radical (unpaired) electrons. The van der Waals surface area contributed by atoms with E-state index in [0.717, 1.165) is 41.4 Å². The van der Waals surface area contributed by atoms with Gasteiger partial charge in [-0.2, -0.15) is 0 Å². The van der Waals surface area contributed by atoms with E-state index >= 15 is 0 Å². The maximum Gasteiger partial charge on any atom is 0.0574 e. The van der Waals surface area contributed by atoms with Crippen molar-refractivity contribution in [3.63, 3.8) is 0 Å². The Bertz CT molecular complexity index is 555. The van der Waals surface area contributed by atoms with E-state index in [0.29, 0.717) is 16.9 Å². The van der Waals surface area contributed by atoms with E-state index in [1.807, 2.05) is 7.11 Å². The molecule has 0 spiro atoms. The molecule has 168 valence electrons. The van der Waals surface area contributed by atoms with Crippen LogP contribution >= 0.6 is 0 Å². The Morgan fingerprint density at radius 3 is 2.28 bits per heavy atom. The molecular weight excluding hydrogens is 352 g/mol. The highest BCUT2D eigenvalue weighted by Crippen LogP contribution is 2.68. The van der Waals surface area contributed by atoms with Gasteiger partial charge >= 0.3 is 0 Å². The molecule has 4 saturated carbocycles. The van der Waals surface area contributed by atoms with Crippen LogP contribution in [0.4, 0.5) is 0 Å². The molecule has 4 aliphatic carbocycles. The zero-order chi connectivity index (χ0) is 20.8. The number of hydrogen-bond acceptors (Lipinski definition) is 1. The Balaban J connectivity index is 1.45. The van der Waals surface area contributed by atoms with Gasteiger partial charge in [-0.1, -0.05) is 53.9 Å². The molecule has 0 bridgehead atoms. The van der Waals surface area contributed by atoms with Crippen LogP contribution < -0.4 is 0 Å². The van der Waals surface area contributed by atoms with Crippen LogP contribution in [0.2, 0.25) is 0 Å². The summed E-state index contributed by atoms with van der Waals surface area (Å²) in [5.41, 5.74) is 1.26. The van der Waals surface area contributed by atoms with Crippen LogP contribution in [-0.4, -0.2) is 13.2 Å². The predicted molar refractivity (Wildman–Crippen MR) is 124 cm³/mol. The summed E-state index contributed by atoms with van der Waals surface area (Å²) >= 11 is 0. The second-order valence-electron chi connectivity index (χ2n) is 12.8. The quantitative estimate of drug-likeness (QED) is 0.436. The maximum absolute atomic E-state index is 5.79. The first-order chi connectivity index (χ1) is 13.8. The van der Waals surface area contributed by atoms with Gasteiger partial charge in [0.25, 0.3) is 0 Å². The van der Waals surface area contributed by atoms with E-state index < -0.39 is 0 Å². The summed E-state index contributed by atoms with van der Waals surface area (Å²) in [6.45, 7) is 12.8. The maximum atomic E-state index is 5.79. The summed E-state index contributed by atoms with van der Waals surface area (Å²) in [5.74, 6) is 6.79. The molecule has 9 atom stereocenters. The zero-order valence-electron chi connectivity index (χ0n) is 20.5. The van der Waals surface area contributed by atoms with Crippen LogP contribution in [0.5, 0.6) is 0 Å². The van der Waals surface area contributed by atoms with Crippen molar-refractivity contribution in [1.29, 1.82) is 0 Å². The molecule has 0 saturated heterocycles. The molecule has 0 heterocycles. The van der Waals surface area contributed by atoms with Crippen molar-refractivity contribution in [2.75, 3.05) is 7.11 Å². The van der Waals surface area contributed by atoms with Gasteiger partial charge < -0.3 is 4.74 Å². The molecule has 1 nitrogen and oxygen atoms in total. The summed E-state index contributed by atoms with van der Waals surface area (Å²) < 4.78 is 5.79. The molecule has 4 fully saturated rings. The van der Waals surface area contributed by atoms with Crippen LogP contribution in [0, 0.1) is 52.3 Å². The SMILES string of the molecule is COC1CC[C@@]2(C)C(CC[C@H]3[C@@H]4CC[C@H]([C@H](C)CCCC(C)C)[C@@]4(C)CC[C@@H]32)C1. The predicted octanol–water partition coefficient (Wildman–Crippen LogP) is 8.12. The average Bonchev–Trinajstić information content (AvgIpc) is 3.04. The first-order valence-electron chi connectivity index (χ1n) is 13.3. The number of methoxy groups -OCH3 is 1. The summed E-state index contributed by atoms with van der Waals surface area (Å²) in [6.07, 6.45) is 18.1. The Kier molecular flexibility index (Phi) is 6.48. The fourth-order valence-corrected chi connectivity index (χ4v) is 9.46. The third kappa shape index (κ3) is 3.85. The van der Waals surface area contributed by atoms with Crippen LogP contribution in [0.3, 0.4) is 0 Å². The second kappa shape index (κ2) is 8.48. The molecule has 0 amide bonds. The van der Waals surface area contributed by atoms with E-state index in [2.05, 4.69) is 34.6 Å². The summed E-state index contributed by atoms with van der Waals surface area (Å²) in [4.78, 5) is 0. The van der Waals surface area contributed by atoms with Gasteiger partial charge in [0.15, 0.2) is 0 Å². The van der Waals surface area contributed by atoms with Crippen molar-refractivity contribution >= 4 is 0 Å². The van der Waals surface area contributed by atoms with E-state index in [1.54, 1.807) is 0 Å². The van der Waals surface area contributed by atoms with E-state index in [4.69, 9.17) is 4.74 Å². The molecule has 0 N–H and O–H groups in total. The fourth-order valence-electron chi connectivity index (χ4n) is 9.46. The monoisotopic (exact) mass is 402 g/mol. The first kappa shape index (κ1) is 22.2. The van der Waals surface area contributed by atoms with Gasteiger partial charge in [0.1, 0.15) is 0 Å². The lowest BCUT2D eigenvalue weighted by molar-refractivity contribution is -0.133. The lowest BCUT2D eigenvalue weighted by Gasteiger charge is -2.61. The lowest BCUT2D eigenvalue weighted by atomic mass is 9.44. The smallest absolute Gasteiger partial charge is 0.0574 e. The number of hydrogen-bond donors (Lipinski definition) is 0. The molecule has 0 aromatic heterocycles. The highest BCUT2D eigenvalue weighted by Gasteiger charge is 2.60. The Morgan fingerprint density at radius 1 is 0.828 bits per heavy atom.